The van der Waals surface area contributed by atoms with Crippen LogP contribution in [0.4, 0.5) is 0 Å². The molecule has 4 heteroatoms. The van der Waals surface area contributed by atoms with Crippen molar-refractivity contribution in [1.29, 1.82) is 0 Å². The molecule has 0 spiro atoms. The van der Waals surface area contributed by atoms with E-state index in [9.17, 15) is 9.90 Å². The van der Waals surface area contributed by atoms with E-state index >= 15 is 0 Å². The summed E-state index contributed by atoms with van der Waals surface area (Å²) in [6, 6.07) is 9.77. The zero-order valence-electron chi connectivity index (χ0n) is 10.5. The van der Waals surface area contributed by atoms with Gasteiger partial charge < -0.3 is 9.67 Å². The van der Waals surface area contributed by atoms with Gasteiger partial charge in [0.15, 0.2) is 5.69 Å². The van der Waals surface area contributed by atoms with E-state index in [1.165, 1.54) is 0 Å². The summed E-state index contributed by atoms with van der Waals surface area (Å²) in [5.41, 5.74) is 1.99. The molecular formula is C14H16N2O2. The number of carboxylic acids is 1. The molecule has 0 unspecified atom stereocenters. The van der Waals surface area contributed by atoms with Crippen LogP contribution in [-0.2, 0) is 6.54 Å². The fourth-order valence-electron chi connectivity index (χ4n) is 1.95. The molecule has 1 aromatic carbocycles. The van der Waals surface area contributed by atoms with Gasteiger partial charge in [-0.15, -0.1) is 0 Å². The van der Waals surface area contributed by atoms with Crippen LogP contribution in [0.3, 0.4) is 0 Å². The second-order valence-corrected chi connectivity index (χ2v) is 4.55. The molecule has 1 N–H and O–H groups in total. The summed E-state index contributed by atoms with van der Waals surface area (Å²) in [6.45, 7) is 4.42. The smallest absolute Gasteiger partial charge is 0.354 e. The van der Waals surface area contributed by atoms with Crippen LogP contribution in [0.2, 0.25) is 0 Å². The molecule has 0 radical (unpaired) electrons. The van der Waals surface area contributed by atoms with E-state index in [0.717, 1.165) is 5.56 Å². The quantitative estimate of drug-likeness (QED) is 0.899. The predicted molar refractivity (Wildman–Crippen MR) is 68.8 cm³/mol. The van der Waals surface area contributed by atoms with Gasteiger partial charge in [0, 0.05) is 6.54 Å². The maximum atomic E-state index is 11.3. The van der Waals surface area contributed by atoms with E-state index in [2.05, 4.69) is 4.98 Å². The molecule has 0 saturated carbocycles. The van der Waals surface area contributed by atoms with Crippen molar-refractivity contribution in [2.24, 2.45) is 0 Å². The fraction of sp³-hybridized carbons (Fsp3) is 0.286. The third kappa shape index (κ3) is 2.42. The maximum absolute atomic E-state index is 11.3. The normalized spacial score (nSPS) is 10.8. The highest BCUT2D eigenvalue weighted by atomic mass is 16.4. The van der Waals surface area contributed by atoms with Gasteiger partial charge in [0.2, 0.25) is 0 Å². The molecule has 1 heterocycles. The molecule has 18 heavy (non-hydrogen) atoms. The van der Waals surface area contributed by atoms with Crippen molar-refractivity contribution in [1.82, 2.24) is 9.55 Å². The second kappa shape index (κ2) is 5.04. The Bertz CT molecular complexity index is 544. The van der Waals surface area contributed by atoms with Gasteiger partial charge in [-0.05, 0) is 11.5 Å². The SMILES string of the molecule is CC(C)c1ncn(Cc2ccccc2)c1C(=O)O. The van der Waals surface area contributed by atoms with Crippen molar-refractivity contribution >= 4 is 5.97 Å². The molecule has 94 valence electrons. The second-order valence-electron chi connectivity index (χ2n) is 4.55. The third-order valence-electron chi connectivity index (χ3n) is 2.81. The van der Waals surface area contributed by atoms with Gasteiger partial charge >= 0.3 is 5.97 Å². The van der Waals surface area contributed by atoms with Crippen LogP contribution in [-0.4, -0.2) is 20.6 Å². The first-order valence-electron chi connectivity index (χ1n) is 5.92. The Labute approximate surface area is 106 Å². The lowest BCUT2D eigenvalue weighted by Crippen LogP contribution is -2.11. The fourth-order valence-corrected chi connectivity index (χ4v) is 1.95. The Morgan fingerprint density at radius 1 is 1.33 bits per heavy atom. The molecule has 0 atom stereocenters. The van der Waals surface area contributed by atoms with Crippen molar-refractivity contribution in [3.05, 3.63) is 53.6 Å². The van der Waals surface area contributed by atoms with Crippen LogP contribution in [0.5, 0.6) is 0 Å². The molecule has 0 fully saturated rings. The van der Waals surface area contributed by atoms with Crippen LogP contribution >= 0.6 is 0 Å². The van der Waals surface area contributed by atoms with Crippen LogP contribution in [0, 0.1) is 0 Å². The van der Waals surface area contributed by atoms with Crippen LogP contribution in [0.1, 0.15) is 41.5 Å². The van der Waals surface area contributed by atoms with Crippen molar-refractivity contribution in [2.45, 2.75) is 26.3 Å². The van der Waals surface area contributed by atoms with Crippen molar-refractivity contribution < 1.29 is 9.90 Å². The topological polar surface area (TPSA) is 55.1 Å². The predicted octanol–water partition coefficient (Wildman–Crippen LogP) is 2.75. The lowest BCUT2D eigenvalue weighted by atomic mass is 10.1. The summed E-state index contributed by atoms with van der Waals surface area (Å²) in [7, 11) is 0. The van der Waals surface area contributed by atoms with Crippen LogP contribution < -0.4 is 0 Å². The van der Waals surface area contributed by atoms with Gasteiger partial charge in [0.05, 0.1) is 12.0 Å². The molecule has 0 amide bonds. The molecule has 2 aromatic rings. The Balaban J connectivity index is 2.37. The maximum Gasteiger partial charge on any atom is 0.354 e. The lowest BCUT2D eigenvalue weighted by molar-refractivity contribution is 0.0684. The van der Waals surface area contributed by atoms with Gasteiger partial charge in [-0.3, -0.25) is 0 Å². The first-order valence-corrected chi connectivity index (χ1v) is 5.92. The first-order chi connectivity index (χ1) is 8.59. The van der Waals surface area contributed by atoms with Crippen molar-refractivity contribution in [3.63, 3.8) is 0 Å². The highest BCUT2D eigenvalue weighted by Crippen LogP contribution is 2.18. The molecule has 0 aliphatic heterocycles. The van der Waals surface area contributed by atoms with Gasteiger partial charge in [-0.25, -0.2) is 9.78 Å². The van der Waals surface area contributed by atoms with Gasteiger partial charge in [0.1, 0.15) is 0 Å². The number of nitrogens with zero attached hydrogens (tertiary/aromatic N) is 2. The number of carbonyl (C=O) groups is 1. The van der Waals surface area contributed by atoms with Crippen LogP contribution in [0.15, 0.2) is 36.7 Å². The summed E-state index contributed by atoms with van der Waals surface area (Å²) in [4.78, 5) is 15.6. The van der Waals surface area contributed by atoms with E-state index in [4.69, 9.17) is 0 Å². The number of hydrogen-bond donors (Lipinski definition) is 1. The number of aromatic carboxylic acids is 1. The molecule has 4 nitrogen and oxygen atoms in total. The molecule has 0 saturated heterocycles. The molecule has 0 aliphatic carbocycles. The van der Waals surface area contributed by atoms with E-state index in [1.54, 1.807) is 10.9 Å². The first kappa shape index (κ1) is 12.4. The van der Waals surface area contributed by atoms with Crippen molar-refractivity contribution in [2.75, 3.05) is 0 Å². The third-order valence-corrected chi connectivity index (χ3v) is 2.81. The molecule has 1 aromatic heterocycles. The van der Waals surface area contributed by atoms with Gasteiger partial charge in [-0.1, -0.05) is 44.2 Å². The number of imidazole rings is 1. The number of carboxylic acid groups (broad SMARTS) is 1. The summed E-state index contributed by atoms with van der Waals surface area (Å²) in [5.74, 6) is -0.819. The van der Waals surface area contributed by atoms with Gasteiger partial charge in [-0.2, -0.15) is 0 Å². The highest BCUT2D eigenvalue weighted by Gasteiger charge is 2.19. The number of rotatable bonds is 4. The Morgan fingerprint density at radius 2 is 2.00 bits per heavy atom. The largest absolute Gasteiger partial charge is 0.477 e. The average Bonchev–Trinajstić information content (AvgIpc) is 2.74. The highest BCUT2D eigenvalue weighted by molar-refractivity contribution is 5.87. The Hall–Kier alpha value is -2.10. The number of hydrogen-bond acceptors (Lipinski definition) is 2. The van der Waals surface area contributed by atoms with Crippen LogP contribution in [0.25, 0.3) is 0 Å². The lowest BCUT2D eigenvalue weighted by Gasteiger charge is -2.08. The standard InChI is InChI=1S/C14H16N2O2/c1-10(2)12-13(14(17)18)16(9-15-12)8-11-6-4-3-5-7-11/h3-7,9-10H,8H2,1-2H3,(H,17,18). The zero-order chi connectivity index (χ0) is 13.1. The van der Waals surface area contributed by atoms with Crippen molar-refractivity contribution in [3.8, 4) is 0 Å². The van der Waals surface area contributed by atoms with E-state index in [-0.39, 0.29) is 11.6 Å². The summed E-state index contributed by atoms with van der Waals surface area (Å²) < 4.78 is 1.69. The number of benzene rings is 1. The molecule has 2 rings (SSSR count). The number of aromatic nitrogens is 2. The Kier molecular flexibility index (Phi) is 3.46. The van der Waals surface area contributed by atoms with E-state index < -0.39 is 5.97 Å². The Morgan fingerprint density at radius 3 is 2.56 bits per heavy atom. The zero-order valence-corrected chi connectivity index (χ0v) is 10.5. The molecule has 0 aliphatic rings. The minimum Gasteiger partial charge on any atom is -0.477 e. The molecule has 0 bridgehead atoms. The molecular weight excluding hydrogens is 228 g/mol. The summed E-state index contributed by atoms with van der Waals surface area (Å²) >= 11 is 0. The van der Waals surface area contributed by atoms with E-state index in [0.29, 0.717) is 12.2 Å². The monoisotopic (exact) mass is 244 g/mol. The average molecular weight is 244 g/mol. The minimum atomic E-state index is -0.924. The van der Waals surface area contributed by atoms with Gasteiger partial charge in [0.25, 0.3) is 0 Å². The van der Waals surface area contributed by atoms with E-state index in [1.807, 2.05) is 44.2 Å². The summed E-state index contributed by atoms with van der Waals surface area (Å²) in [5, 5.41) is 9.30. The summed E-state index contributed by atoms with van der Waals surface area (Å²) in [6.07, 6.45) is 1.60. The minimum absolute atomic E-state index is 0.105.